The maximum Gasteiger partial charge on any atom is 0.223 e. The number of hydrogen-bond donors (Lipinski definition) is 1. The van der Waals surface area contributed by atoms with Gasteiger partial charge in [-0.2, -0.15) is 0 Å². The zero-order valence-electron chi connectivity index (χ0n) is 17.0. The van der Waals surface area contributed by atoms with Crippen molar-refractivity contribution in [1.29, 1.82) is 0 Å². The maximum absolute atomic E-state index is 12.8. The number of halogens is 1. The van der Waals surface area contributed by atoms with Gasteiger partial charge in [0, 0.05) is 23.5 Å². The Labute approximate surface area is 190 Å². The molecule has 2 aromatic rings. The van der Waals surface area contributed by atoms with Gasteiger partial charge in [0.1, 0.15) is 12.7 Å². The highest BCUT2D eigenvalue weighted by Gasteiger charge is 2.31. The van der Waals surface area contributed by atoms with Gasteiger partial charge in [-0.3, -0.25) is 4.79 Å². The van der Waals surface area contributed by atoms with Crippen molar-refractivity contribution in [1.82, 2.24) is 9.62 Å². The molecule has 7 nitrogen and oxygen atoms in total. The standard InChI is InChI=1S/C22H25BrN2O5S/c23-18-5-3-4-16(12-18)15-31(27,28)25-10-8-17(9-11-25)22(26)24-13-19-14-29-20-6-1-2-7-21(20)30-19/h1-7,12,17,19H,8-11,13-15H2,(H,24,26)/t19-/m0/s1. The lowest BCUT2D eigenvalue weighted by Crippen LogP contribution is -2.46. The Morgan fingerprint density at radius 2 is 1.84 bits per heavy atom. The number of rotatable bonds is 6. The molecule has 2 aliphatic rings. The average Bonchev–Trinajstić information content (AvgIpc) is 2.77. The number of carbonyl (C=O) groups is 1. The zero-order valence-corrected chi connectivity index (χ0v) is 19.4. The van der Waals surface area contributed by atoms with E-state index in [1.165, 1.54) is 4.31 Å². The van der Waals surface area contributed by atoms with Crippen LogP contribution in [0.3, 0.4) is 0 Å². The SMILES string of the molecule is O=C(NC[C@H]1COc2ccccc2O1)C1CCN(S(=O)(=O)Cc2cccc(Br)c2)CC1. The van der Waals surface area contributed by atoms with Crippen LogP contribution in [0.5, 0.6) is 11.5 Å². The van der Waals surface area contributed by atoms with Crippen LogP contribution < -0.4 is 14.8 Å². The van der Waals surface area contributed by atoms with E-state index in [0.717, 1.165) is 10.0 Å². The Balaban J connectivity index is 1.24. The first-order valence-electron chi connectivity index (χ1n) is 10.3. The number of para-hydroxylation sites is 2. The molecule has 9 heteroatoms. The fraction of sp³-hybridized carbons (Fsp3) is 0.409. The van der Waals surface area contributed by atoms with E-state index >= 15 is 0 Å². The normalized spacial score (nSPS) is 19.7. The van der Waals surface area contributed by atoms with E-state index in [0.29, 0.717) is 50.6 Å². The lowest BCUT2D eigenvalue weighted by Gasteiger charge is -2.31. The third-order valence-electron chi connectivity index (χ3n) is 5.53. The summed E-state index contributed by atoms with van der Waals surface area (Å²) in [5.74, 6) is 1.09. The molecule has 31 heavy (non-hydrogen) atoms. The monoisotopic (exact) mass is 508 g/mol. The minimum Gasteiger partial charge on any atom is -0.486 e. The summed E-state index contributed by atoms with van der Waals surface area (Å²) in [6.45, 7) is 1.44. The third kappa shape index (κ3) is 5.58. The molecule has 0 radical (unpaired) electrons. The smallest absolute Gasteiger partial charge is 0.223 e. The van der Waals surface area contributed by atoms with E-state index < -0.39 is 10.0 Å². The summed E-state index contributed by atoms with van der Waals surface area (Å²) >= 11 is 3.37. The summed E-state index contributed by atoms with van der Waals surface area (Å²) in [5, 5.41) is 2.94. The lowest BCUT2D eigenvalue weighted by molar-refractivity contribution is -0.126. The molecule has 166 valence electrons. The van der Waals surface area contributed by atoms with E-state index in [1.54, 1.807) is 6.07 Å². The first-order chi connectivity index (χ1) is 14.9. The number of nitrogens with one attached hydrogen (secondary N) is 1. The molecule has 2 aromatic carbocycles. The first kappa shape index (κ1) is 22.1. The van der Waals surface area contributed by atoms with Crippen LogP contribution in [-0.4, -0.2) is 51.0 Å². The molecule has 2 aliphatic heterocycles. The van der Waals surface area contributed by atoms with Crippen LogP contribution >= 0.6 is 15.9 Å². The molecule has 1 saturated heterocycles. The molecule has 0 aromatic heterocycles. The zero-order chi connectivity index (χ0) is 21.8. The van der Waals surface area contributed by atoms with Crippen LogP contribution in [0.2, 0.25) is 0 Å². The van der Waals surface area contributed by atoms with E-state index in [2.05, 4.69) is 21.2 Å². The molecule has 1 atom stereocenters. The van der Waals surface area contributed by atoms with Crippen LogP contribution in [0.4, 0.5) is 0 Å². The van der Waals surface area contributed by atoms with E-state index in [4.69, 9.17) is 9.47 Å². The van der Waals surface area contributed by atoms with E-state index in [1.807, 2.05) is 42.5 Å². The topological polar surface area (TPSA) is 84.9 Å². The molecule has 0 bridgehead atoms. The second-order valence-corrected chi connectivity index (χ2v) is 10.7. The van der Waals surface area contributed by atoms with E-state index in [9.17, 15) is 13.2 Å². The van der Waals surface area contributed by atoms with E-state index in [-0.39, 0.29) is 23.7 Å². The van der Waals surface area contributed by atoms with Crippen molar-refractivity contribution in [2.24, 2.45) is 5.92 Å². The predicted molar refractivity (Wildman–Crippen MR) is 120 cm³/mol. The summed E-state index contributed by atoms with van der Waals surface area (Å²) < 4.78 is 39.4. The Kier molecular flexibility index (Phi) is 6.83. The van der Waals surface area contributed by atoms with Gasteiger partial charge in [0.2, 0.25) is 15.9 Å². The minimum absolute atomic E-state index is 0.0379. The summed E-state index contributed by atoms with van der Waals surface area (Å²) in [4.78, 5) is 12.6. The van der Waals surface area contributed by atoms with Crippen LogP contribution in [0.25, 0.3) is 0 Å². The highest BCUT2D eigenvalue weighted by Crippen LogP contribution is 2.30. The Bertz CT molecular complexity index is 1040. The number of nitrogens with zero attached hydrogens (tertiary/aromatic N) is 1. The predicted octanol–water partition coefficient (Wildman–Crippen LogP) is 2.95. The van der Waals surface area contributed by atoms with Gasteiger partial charge in [-0.05, 0) is 42.7 Å². The number of sulfonamides is 1. The van der Waals surface area contributed by atoms with Crippen LogP contribution in [0, 0.1) is 5.92 Å². The van der Waals surface area contributed by atoms with Crippen molar-refractivity contribution >= 4 is 31.9 Å². The Morgan fingerprint density at radius 1 is 1.10 bits per heavy atom. The molecule has 2 heterocycles. The maximum atomic E-state index is 12.8. The highest BCUT2D eigenvalue weighted by molar-refractivity contribution is 9.10. The molecule has 0 unspecified atom stereocenters. The number of amides is 1. The average molecular weight is 509 g/mol. The molecular formula is C22H25BrN2O5S. The van der Waals surface area contributed by atoms with Crippen LogP contribution in [-0.2, 0) is 20.6 Å². The Morgan fingerprint density at radius 3 is 2.58 bits per heavy atom. The molecular weight excluding hydrogens is 484 g/mol. The van der Waals surface area contributed by atoms with Crippen molar-refractivity contribution in [2.75, 3.05) is 26.2 Å². The third-order valence-corrected chi connectivity index (χ3v) is 7.87. The first-order valence-corrected chi connectivity index (χ1v) is 12.7. The number of fused-ring (bicyclic) bond motifs is 1. The van der Waals surface area contributed by atoms with Gasteiger partial charge in [-0.15, -0.1) is 0 Å². The van der Waals surface area contributed by atoms with Gasteiger partial charge < -0.3 is 14.8 Å². The fourth-order valence-electron chi connectivity index (χ4n) is 3.85. The van der Waals surface area contributed by atoms with Crippen molar-refractivity contribution < 1.29 is 22.7 Å². The quantitative estimate of drug-likeness (QED) is 0.648. The number of carbonyl (C=O) groups excluding carboxylic acids is 1. The number of ether oxygens (including phenoxy) is 2. The number of benzene rings is 2. The largest absolute Gasteiger partial charge is 0.486 e. The summed E-state index contributed by atoms with van der Waals surface area (Å²) in [7, 11) is -3.42. The molecule has 1 amide bonds. The van der Waals surface area contributed by atoms with Crippen LogP contribution in [0.15, 0.2) is 53.0 Å². The number of piperidine rings is 1. The second-order valence-electron chi connectivity index (χ2n) is 7.80. The van der Waals surface area contributed by atoms with Gasteiger partial charge in [-0.25, -0.2) is 12.7 Å². The van der Waals surface area contributed by atoms with Gasteiger partial charge in [0.25, 0.3) is 0 Å². The van der Waals surface area contributed by atoms with Gasteiger partial charge in [-0.1, -0.05) is 40.2 Å². The second kappa shape index (κ2) is 9.58. The molecule has 1 fully saturated rings. The van der Waals surface area contributed by atoms with Crippen LogP contribution in [0.1, 0.15) is 18.4 Å². The van der Waals surface area contributed by atoms with Crippen molar-refractivity contribution in [3.63, 3.8) is 0 Å². The van der Waals surface area contributed by atoms with Gasteiger partial charge in [0.15, 0.2) is 11.5 Å². The summed E-state index contributed by atoms with van der Waals surface area (Å²) in [5.41, 5.74) is 0.741. The van der Waals surface area contributed by atoms with Gasteiger partial charge in [0.05, 0.1) is 12.3 Å². The van der Waals surface area contributed by atoms with Crippen molar-refractivity contribution in [3.05, 3.63) is 58.6 Å². The number of hydrogen-bond acceptors (Lipinski definition) is 5. The summed E-state index contributed by atoms with van der Waals surface area (Å²) in [6.07, 6.45) is 0.771. The molecule has 0 spiro atoms. The lowest BCUT2D eigenvalue weighted by atomic mass is 9.97. The summed E-state index contributed by atoms with van der Waals surface area (Å²) in [6, 6.07) is 14.8. The van der Waals surface area contributed by atoms with Gasteiger partial charge >= 0.3 is 0 Å². The highest BCUT2D eigenvalue weighted by atomic mass is 79.9. The Hall–Kier alpha value is -2.10. The van der Waals surface area contributed by atoms with Crippen molar-refractivity contribution in [3.8, 4) is 11.5 Å². The fourth-order valence-corrected chi connectivity index (χ4v) is 5.84. The minimum atomic E-state index is -3.42. The molecule has 0 aliphatic carbocycles. The molecule has 4 rings (SSSR count). The van der Waals surface area contributed by atoms with Crippen molar-refractivity contribution in [2.45, 2.75) is 24.7 Å². The molecule has 1 N–H and O–H groups in total. The molecule has 0 saturated carbocycles.